The molecule has 0 unspecified atom stereocenters. The van der Waals surface area contributed by atoms with Crippen molar-refractivity contribution in [2.45, 2.75) is 46.0 Å². The van der Waals surface area contributed by atoms with Gasteiger partial charge in [-0.15, -0.1) is 0 Å². The van der Waals surface area contributed by atoms with Crippen molar-refractivity contribution in [1.29, 1.82) is 0 Å². The SMILES string of the molecule is Cc1ccc(CC(=O)NCCCc2ccc(C(C)C)cc2)cc1. The Balaban J connectivity index is 1.68. The number of rotatable bonds is 7. The molecule has 1 N–H and O–H groups in total. The van der Waals surface area contributed by atoms with E-state index in [1.807, 2.05) is 24.3 Å². The van der Waals surface area contributed by atoms with Gasteiger partial charge in [-0.25, -0.2) is 0 Å². The largest absolute Gasteiger partial charge is 0.356 e. The summed E-state index contributed by atoms with van der Waals surface area (Å²) in [6.07, 6.45) is 2.44. The minimum Gasteiger partial charge on any atom is -0.356 e. The molecule has 0 aliphatic rings. The van der Waals surface area contributed by atoms with Gasteiger partial charge in [-0.1, -0.05) is 67.9 Å². The van der Waals surface area contributed by atoms with Gasteiger partial charge in [0.15, 0.2) is 0 Å². The molecule has 0 bridgehead atoms. The van der Waals surface area contributed by atoms with E-state index in [1.165, 1.54) is 16.7 Å². The molecule has 0 radical (unpaired) electrons. The normalized spacial score (nSPS) is 10.8. The summed E-state index contributed by atoms with van der Waals surface area (Å²) in [6.45, 7) is 7.20. The predicted molar refractivity (Wildman–Crippen MR) is 96.7 cm³/mol. The number of aryl methyl sites for hydroxylation is 2. The van der Waals surface area contributed by atoms with E-state index in [0.717, 1.165) is 24.9 Å². The fourth-order valence-corrected chi connectivity index (χ4v) is 2.54. The summed E-state index contributed by atoms with van der Waals surface area (Å²) in [5.41, 5.74) is 5.00. The molecule has 2 nitrogen and oxygen atoms in total. The van der Waals surface area contributed by atoms with Gasteiger partial charge in [0.05, 0.1) is 6.42 Å². The molecule has 1 amide bonds. The Bertz CT molecular complexity index is 611. The zero-order chi connectivity index (χ0) is 16.7. The van der Waals surface area contributed by atoms with E-state index in [-0.39, 0.29) is 5.91 Å². The molecule has 0 spiro atoms. The van der Waals surface area contributed by atoms with Gasteiger partial charge in [0.25, 0.3) is 0 Å². The lowest BCUT2D eigenvalue weighted by molar-refractivity contribution is -0.120. The Morgan fingerprint density at radius 2 is 1.57 bits per heavy atom. The lowest BCUT2D eigenvalue weighted by Crippen LogP contribution is -2.26. The van der Waals surface area contributed by atoms with Gasteiger partial charge in [0, 0.05) is 6.54 Å². The van der Waals surface area contributed by atoms with Crippen LogP contribution in [-0.4, -0.2) is 12.5 Å². The van der Waals surface area contributed by atoms with Crippen LogP contribution in [0.3, 0.4) is 0 Å². The number of hydrogen-bond donors (Lipinski definition) is 1. The molecule has 0 saturated heterocycles. The summed E-state index contributed by atoms with van der Waals surface area (Å²) in [7, 11) is 0. The third kappa shape index (κ3) is 5.90. The number of amides is 1. The highest BCUT2D eigenvalue weighted by Crippen LogP contribution is 2.15. The van der Waals surface area contributed by atoms with Gasteiger partial charge in [-0.2, -0.15) is 0 Å². The third-order valence-corrected chi connectivity index (χ3v) is 4.10. The van der Waals surface area contributed by atoms with Crippen LogP contribution in [0.5, 0.6) is 0 Å². The molecular weight excluding hydrogens is 282 g/mol. The standard InChI is InChI=1S/C21H27NO/c1-16(2)20-12-10-18(11-13-20)5-4-14-22-21(23)15-19-8-6-17(3)7-9-19/h6-13,16H,4-5,14-15H2,1-3H3,(H,22,23). The van der Waals surface area contributed by atoms with Crippen LogP contribution in [-0.2, 0) is 17.6 Å². The molecule has 23 heavy (non-hydrogen) atoms. The van der Waals surface area contributed by atoms with Crippen LogP contribution in [0.4, 0.5) is 0 Å². The van der Waals surface area contributed by atoms with Crippen molar-refractivity contribution >= 4 is 5.91 Å². The van der Waals surface area contributed by atoms with Crippen LogP contribution in [0.15, 0.2) is 48.5 Å². The second-order valence-corrected chi connectivity index (χ2v) is 6.51. The molecule has 2 heteroatoms. The first-order chi connectivity index (χ1) is 11.0. The summed E-state index contributed by atoms with van der Waals surface area (Å²) in [4.78, 5) is 11.9. The van der Waals surface area contributed by atoms with E-state index >= 15 is 0 Å². The van der Waals surface area contributed by atoms with Crippen molar-refractivity contribution < 1.29 is 4.79 Å². The van der Waals surface area contributed by atoms with E-state index in [1.54, 1.807) is 0 Å². The summed E-state index contributed by atoms with van der Waals surface area (Å²) in [5, 5.41) is 3.01. The van der Waals surface area contributed by atoms with Crippen molar-refractivity contribution in [2.75, 3.05) is 6.54 Å². The molecule has 2 aromatic carbocycles. The van der Waals surface area contributed by atoms with Gasteiger partial charge in [-0.3, -0.25) is 4.79 Å². The fraction of sp³-hybridized carbons (Fsp3) is 0.381. The summed E-state index contributed by atoms with van der Waals surface area (Å²) in [6, 6.07) is 16.9. The Hall–Kier alpha value is -2.09. The minimum absolute atomic E-state index is 0.101. The highest BCUT2D eigenvalue weighted by atomic mass is 16.1. The second kappa shape index (κ2) is 8.52. The topological polar surface area (TPSA) is 29.1 Å². The molecule has 0 aliphatic heterocycles. The Morgan fingerprint density at radius 1 is 0.957 bits per heavy atom. The van der Waals surface area contributed by atoms with E-state index in [9.17, 15) is 4.79 Å². The van der Waals surface area contributed by atoms with Crippen LogP contribution < -0.4 is 5.32 Å². The molecule has 0 aliphatic carbocycles. The van der Waals surface area contributed by atoms with Gasteiger partial charge in [-0.05, 0) is 42.4 Å². The van der Waals surface area contributed by atoms with Crippen LogP contribution in [0.25, 0.3) is 0 Å². The summed E-state index contributed by atoms with van der Waals surface area (Å²) >= 11 is 0. The first kappa shape index (κ1) is 17.3. The van der Waals surface area contributed by atoms with Crippen LogP contribution in [0, 0.1) is 6.92 Å². The number of nitrogens with one attached hydrogen (secondary N) is 1. The van der Waals surface area contributed by atoms with Gasteiger partial charge >= 0.3 is 0 Å². The summed E-state index contributed by atoms with van der Waals surface area (Å²) < 4.78 is 0. The molecule has 2 aromatic rings. The van der Waals surface area contributed by atoms with Crippen molar-refractivity contribution in [1.82, 2.24) is 5.32 Å². The molecule has 0 aromatic heterocycles. The van der Waals surface area contributed by atoms with Crippen LogP contribution in [0.2, 0.25) is 0 Å². The number of carbonyl (C=O) groups is 1. The molecular formula is C21H27NO. The van der Waals surface area contributed by atoms with Gasteiger partial charge in [0.2, 0.25) is 5.91 Å². The first-order valence-electron chi connectivity index (χ1n) is 8.45. The molecule has 2 rings (SSSR count). The highest BCUT2D eigenvalue weighted by Gasteiger charge is 2.03. The molecule has 0 heterocycles. The molecule has 122 valence electrons. The van der Waals surface area contributed by atoms with Crippen molar-refractivity contribution in [2.24, 2.45) is 0 Å². The molecule has 0 atom stereocenters. The predicted octanol–water partition coefficient (Wildman–Crippen LogP) is 4.41. The number of carbonyl (C=O) groups excluding carboxylic acids is 1. The van der Waals surface area contributed by atoms with Gasteiger partial charge < -0.3 is 5.32 Å². The second-order valence-electron chi connectivity index (χ2n) is 6.51. The fourth-order valence-electron chi connectivity index (χ4n) is 2.54. The summed E-state index contributed by atoms with van der Waals surface area (Å²) in [5.74, 6) is 0.675. The first-order valence-corrected chi connectivity index (χ1v) is 8.45. The van der Waals surface area contributed by atoms with Crippen molar-refractivity contribution in [3.63, 3.8) is 0 Å². The van der Waals surface area contributed by atoms with Gasteiger partial charge in [0.1, 0.15) is 0 Å². The maximum Gasteiger partial charge on any atom is 0.224 e. The average molecular weight is 309 g/mol. The van der Waals surface area contributed by atoms with Crippen LogP contribution in [0.1, 0.15) is 48.4 Å². The smallest absolute Gasteiger partial charge is 0.224 e. The molecule has 0 saturated carbocycles. The lowest BCUT2D eigenvalue weighted by Gasteiger charge is -2.08. The Morgan fingerprint density at radius 3 is 2.17 bits per heavy atom. The molecule has 0 fully saturated rings. The van der Waals surface area contributed by atoms with Crippen molar-refractivity contribution in [3.05, 3.63) is 70.8 Å². The van der Waals surface area contributed by atoms with Crippen molar-refractivity contribution in [3.8, 4) is 0 Å². The maximum absolute atomic E-state index is 11.9. The number of hydrogen-bond acceptors (Lipinski definition) is 1. The monoisotopic (exact) mass is 309 g/mol. The third-order valence-electron chi connectivity index (χ3n) is 4.10. The van der Waals surface area contributed by atoms with E-state index < -0.39 is 0 Å². The van der Waals surface area contributed by atoms with E-state index in [2.05, 4.69) is 50.4 Å². The average Bonchev–Trinajstić information content (AvgIpc) is 2.54. The zero-order valence-corrected chi connectivity index (χ0v) is 14.4. The maximum atomic E-state index is 11.9. The van der Waals surface area contributed by atoms with E-state index in [0.29, 0.717) is 12.3 Å². The van der Waals surface area contributed by atoms with Crippen LogP contribution >= 0.6 is 0 Å². The minimum atomic E-state index is 0.101. The quantitative estimate of drug-likeness (QED) is 0.754. The Kier molecular flexibility index (Phi) is 6.40. The van der Waals surface area contributed by atoms with E-state index in [4.69, 9.17) is 0 Å². The highest BCUT2D eigenvalue weighted by molar-refractivity contribution is 5.78. The zero-order valence-electron chi connectivity index (χ0n) is 14.4. The Labute approximate surface area is 139 Å². The number of benzene rings is 2. The lowest BCUT2D eigenvalue weighted by atomic mass is 10.0.